The molecule has 0 radical (unpaired) electrons. The normalized spacial score (nSPS) is 29.4. The van der Waals surface area contributed by atoms with Crippen molar-refractivity contribution in [2.75, 3.05) is 12.4 Å². The van der Waals surface area contributed by atoms with Crippen LogP contribution in [0.1, 0.15) is 5.01 Å². The van der Waals surface area contributed by atoms with Gasteiger partial charge in [-0.3, -0.25) is 4.79 Å². The third-order valence-electron chi connectivity index (χ3n) is 5.62. The van der Waals surface area contributed by atoms with Gasteiger partial charge in [-0.25, -0.2) is 9.37 Å². The van der Waals surface area contributed by atoms with Crippen LogP contribution in [0.3, 0.4) is 0 Å². The van der Waals surface area contributed by atoms with E-state index in [1.165, 1.54) is 30.5 Å². The van der Waals surface area contributed by atoms with Crippen LogP contribution in [0.25, 0.3) is 0 Å². The molecule has 3 atom stereocenters. The molecule has 29 heavy (non-hydrogen) atoms. The minimum Gasteiger partial charge on any atom is -0.325 e. The number of nitrogens with one attached hydrogen (secondary N) is 2. The molecule has 1 aliphatic rings. The lowest BCUT2D eigenvalue weighted by atomic mass is 9.47. The molecule has 3 unspecified atom stereocenters. The number of anilines is 1. The second-order valence-electron chi connectivity index (χ2n) is 7.20. The first kappa shape index (κ1) is 22.8. The summed E-state index contributed by atoms with van der Waals surface area (Å²) in [6, 6.07) is 3.76. The van der Waals surface area contributed by atoms with Gasteiger partial charge in [0.25, 0.3) is 10.2 Å². The van der Waals surface area contributed by atoms with Gasteiger partial charge in [0.1, 0.15) is 34.4 Å². The Bertz CT molecular complexity index is 1090. The topological polar surface area (TPSA) is 91.4 Å². The van der Waals surface area contributed by atoms with Gasteiger partial charge in [-0.1, -0.05) is 11.6 Å². The number of thiazole rings is 1. The number of nitrogens with zero attached hydrogens (tertiary/aromatic N) is 2. The van der Waals surface area contributed by atoms with E-state index in [4.69, 9.17) is 11.6 Å². The SMILES string of the molecule is BC1C(B)(c2ncc(Br)s2)NS(=O)(=O)N(C)C1(B)C(=O)Nc1ccc(F)c(Cl)c1. The van der Waals surface area contributed by atoms with Crippen molar-refractivity contribution >= 4 is 84.2 Å². The van der Waals surface area contributed by atoms with Crippen molar-refractivity contribution < 1.29 is 17.6 Å². The summed E-state index contributed by atoms with van der Waals surface area (Å²) in [7, 11) is 2.37. The van der Waals surface area contributed by atoms with Crippen LogP contribution >= 0.6 is 38.9 Å². The minimum atomic E-state index is -4.01. The predicted molar refractivity (Wildman–Crippen MR) is 123 cm³/mol. The van der Waals surface area contributed by atoms with Gasteiger partial charge in [-0.15, -0.1) is 11.3 Å². The Balaban J connectivity index is 2.06. The summed E-state index contributed by atoms with van der Waals surface area (Å²) in [6.07, 6.45) is 1.59. The summed E-state index contributed by atoms with van der Waals surface area (Å²) in [6.45, 7) is 0. The number of amides is 1. The van der Waals surface area contributed by atoms with Crippen LogP contribution in [-0.4, -0.2) is 59.6 Å². The van der Waals surface area contributed by atoms with Crippen LogP contribution in [-0.2, 0) is 20.4 Å². The molecule has 152 valence electrons. The lowest BCUT2D eigenvalue weighted by Crippen LogP contribution is -2.74. The minimum absolute atomic E-state index is 0.148. The molecule has 2 N–H and O–H groups in total. The fourth-order valence-corrected chi connectivity index (χ4v) is 6.73. The second kappa shape index (κ2) is 7.65. The summed E-state index contributed by atoms with van der Waals surface area (Å²) >= 11 is 10.4. The molecule has 1 aromatic carbocycles. The van der Waals surface area contributed by atoms with Gasteiger partial charge >= 0.3 is 0 Å². The largest absolute Gasteiger partial charge is 0.325 e. The van der Waals surface area contributed by atoms with Crippen LogP contribution < -0.4 is 10.0 Å². The average molecular weight is 519 g/mol. The number of carbonyl (C=O) groups excluding carboxylic acids is 1. The first-order valence-corrected chi connectivity index (χ1v) is 11.9. The van der Waals surface area contributed by atoms with E-state index < -0.39 is 38.6 Å². The molecule has 1 amide bonds. The van der Waals surface area contributed by atoms with Crippen LogP contribution in [0.5, 0.6) is 0 Å². The molecule has 1 aliphatic heterocycles. The Kier molecular flexibility index (Phi) is 6.00. The summed E-state index contributed by atoms with van der Waals surface area (Å²) in [5.74, 6) is -1.72. The van der Waals surface area contributed by atoms with E-state index in [-0.39, 0.29) is 10.7 Å². The summed E-state index contributed by atoms with van der Waals surface area (Å²) in [4.78, 5) is 17.6. The number of halogens is 3. The van der Waals surface area contributed by atoms with Crippen molar-refractivity contribution in [2.45, 2.75) is 16.7 Å². The van der Waals surface area contributed by atoms with Crippen molar-refractivity contribution in [1.29, 1.82) is 0 Å². The van der Waals surface area contributed by atoms with E-state index in [9.17, 15) is 17.6 Å². The zero-order chi connectivity index (χ0) is 21.8. The highest BCUT2D eigenvalue weighted by Gasteiger charge is 2.59. The van der Waals surface area contributed by atoms with E-state index in [2.05, 4.69) is 31.0 Å². The average Bonchev–Trinajstić information content (AvgIpc) is 3.08. The monoisotopic (exact) mass is 518 g/mol. The van der Waals surface area contributed by atoms with Gasteiger partial charge < -0.3 is 5.32 Å². The van der Waals surface area contributed by atoms with Crippen LogP contribution in [0.15, 0.2) is 28.2 Å². The summed E-state index contributed by atoms with van der Waals surface area (Å²) in [5, 5.41) is 3.04. The molecule has 0 spiro atoms. The highest BCUT2D eigenvalue weighted by Crippen LogP contribution is 2.45. The van der Waals surface area contributed by atoms with Gasteiger partial charge in [0.05, 0.1) is 20.4 Å². The second-order valence-corrected chi connectivity index (χ2v) is 11.7. The molecule has 1 aromatic heterocycles. The third kappa shape index (κ3) is 3.79. The van der Waals surface area contributed by atoms with E-state index in [1.807, 2.05) is 0 Å². The zero-order valence-electron chi connectivity index (χ0n) is 16.0. The Morgan fingerprint density at radius 3 is 2.69 bits per heavy atom. The summed E-state index contributed by atoms with van der Waals surface area (Å²) < 4.78 is 43.7. The molecule has 1 saturated heterocycles. The number of carbonyl (C=O) groups is 1. The van der Waals surface area contributed by atoms with Crippen molar-refractivity contribution in [2.24, 2.45) is 0 Å². The molecule has 7 nitrogen and oxygen atoms in total. The number of hydrogen-bond donors (Lipinski definition) is 2. The Labute approximate surface area is 188 Å². The molecule has 0 aliphatic carbocycles. The number of benzene rings is 1. The van der Waals surface area contributed by atoms with E-state index >= 15 is 0 Å². The van der Waals surface area contributed by atoms with Crippen molar-refractivity contribution in [3.05, 3.63) is 44.0 Å². The lowest BCUT2D eigenvalue weighted by Gasteiger charge is -2.53. The van der Waals surface area contributed by atoms with Gasteiger partial charge in [0.2, 0.25) is 5.91 Å². The molecule has 1 fully saturated rings. The standard InChI is InChI=1S/C14H16B3BrClFN4O3S2/c1-24-14(17,11(25)22-6-2-3-8(20)7(19)4-6)10(15)13(16,23-29(24,26)27)12-21-5-9(18)28-12/h2-5,10,23H,15-17H2,1H3,(H,22,25). The number of hydrogen-bond acceptors (Lipinski definition) is 5. The maximum Gasteiger partial charge on any atom is 0.279 e. The van der Waals surface area contributed by atoms with Gasteiger partial charge in [-0.2, -0.15) is 17.4 Å². The summed E-state index contributed by atoms with van der Waals surface area (Å²) in [5.41, 5.74) is -2.34. The molecular weight excluding hydrogens is 503 g/mol. The first-order chi connectivity index (χ1) is 13.3. The highest BCUT2D eigenvalue weighted by atomic mass is 79.9. The van der Waals surface area contributed by atoms with Crippen LogP contribution in [0.4, 0.5) is 10.1 Å². The molecule has 15 heteroatoms. The number of rotatable bonds is 3. The van der Waals surface area contributed by atoms with E-state index in [0.717, 1.165) is 14.2 Å². The predicted octanol–water partition coefficient (Wildman–Crippen LogP) is -0.347. The first-order valence-electron chi connectivity index (χ1n) is 8.48. The molecule has 0 saturated carbocycles. The smallest absolute Gasteiger partial charge is 0.279 e. The van der Waals surface area contributed by atoms with Gasteiger partial charge in [0.15, 0.2) is 0 Å². The molecular formula is C14H16B3BrClFN4O3S2. The van der Waals surface area contributed by atoms with Crippen molar-refractivity contribution in [3.8, 4) is 0 Å². The third-order valence-corrected chi connectivity index (χ3v) is 9.41. The number of aromatic nitrogens is 1. The lowest BCUT2D eigenvalue weighted by molar-refractivity contribution is -0.122. The van der Waals surface area contributed by atoms with E-state index in [1.54, 1.807) is 29.7 Å². The van der Waals surface area contributed by atoms with Gasteiger partial charge in [-0.05, 0) is 39.9 Å². The van der Waals surface area contributed by atoms with Gasteiger partial charge in [0, 0.05) is 18.2 Å². The molecule has 2 aromatic rings. The van der Waals surface area contributed by atoms with Crippen molar-refractivity contribution in [1.82, 2.24) is 14.0 Å². The zero-order valence-corrected chi connectivity index (χ0v) is 19.9. The Morgan fingerprint density at radius 2 is 2.14 bits per heavy atom. The molecule has 3 rings (SSSR count). The fourth-order valence-electron chi connectivity index (χ4n) is 3.40. The van der Waals surface area contributed by atoms with Crippen LogP contribution in [0, 0.1) is 5.82 Å². The Morgan fingerprint density at radius 1 is 1.48 bits per heavy atom. The fraction of sp³-hybridized carbons (Fsp3) is 0.286. The molecule has 2 heterocycles. The maximum absolute atomic E-state index is 13.4. The highest BCUT2D eigenvalue weighted by molar-refractivity contribution is 9.11. The molecule has 0 bridgehead atoms. The quantitative estimate of drug-likeness (QED) is 0.543. The maximum atomic E-state index is 13.4. The van der Waals surface area contributed by atoms with Crippen LogP contribution in [0.2, 0.25) is 10.8 Å². The number of likely N-dealkylation sites (N-methyl/N-ethyl adjacent to an activating group) is 1. The Hall–Kier alpha value is -0.915. The van der Waals surface area contributed by atoms with Crippen molar-refractivity contribution in [3.63, 3.8) is 0 Å². The van der Waals surface area contributed by atoms with E-state index in [0.29, 0.717) is 5.01 Å².